The zero-order chi connectivity index (χ0) is 26.5. The van der Waals surface area contributed by atoms with Gasteiger partial charge in [-0.2, -0.15) is 0 Å². The Labute approximate surface area is 222 Å². The minimum absolute atomic E-state index is 0.0591. The number of anilines is 1. The van der Waals surface area contributed by atoms with Crippen LogP contribution in [0.3, 0.4) is 0 Å². The number of fused-ring (bicyclic) bond motifs is 1. The van der Waals surface area contributed by atoms with Gasteiger partial charge in [0, 0.05) is 55.8 Å². The maximum Gasteiger partial charge on any atom is 0.255 e. The Morgan fingerprint density at radius 1 is 1.11 bits per heavy atom. The summed E-state index contributed by atoms with van der Waals surface area (Å²) in [6, 6.07) is 11.9. The summed E-state index contributed by atoms with van der Waals surface area (Å²) >= 11 is 0. The lowest BCUT2D eigenvalue weighted by Gasteiger charge is -2.51. The Bertz CT molecular complexity index is 1240. The van der Waals surface area contributed by atoms with Crippen molar-refractivity contribution in [2.75, 3.05) is 25.0 Å². The number of nitrogens with one attached hydrogen (secondary N) is 2. The zero-order valence-corrected chi connectivity index (χ0v) is 22.0. The fourth-order valence-corrected chi connectivity index (χ4v) is 6.89. The molecule has 2 saturated heterocycles. The summed E-state index contributed by atoms with van der Waals surface area (Å²) in [7, 11) is 0. The van der Waals surface area contributed by atoms with Crippen LogP contribution in [0.15, 0.2) is 36.4 Å². The third-order valence-electron chi connectivity index (χ3n) is 9.10. The highest BCUT2D eigenvalue weighted by Gasteiger charge is 2.56. The van der Waals surface area contributed by atoms with E-state index in [0.29, 0.717) is 31.6 Å². The minimum Gasteiger partial charge on any atom is -0.381 e. The fourth-order valence-electron chi connectivity index (χ4n) is 6.89. The molecule has 1 atom stereocenters. The molecule has 6 rings (SSSR count). The molecular formula is C30H36F2N4O2. The molecule has 1 spiro atoms. The Hall–Kier alpha value is -3.00. The molecule has 0 bridgehead atoms. The van der Waals surface area contributed by atoms with Gasteiger partial charge in [-0.25, -0.2) is 8.78 Å². The van der Waals surface area contributed by atoms with Crippen LogP contribution in [0.1, 0.15) is 71.1 Å². The summed E-state index contributed by atoms with van der Waals surface area (Å²) in [4.78, 5) is 29.6. The number of carbonyl (C=O) groups is 2. The highest BCUT2D eigenvalue weighted by atomic mass is 19.3. The third kappa shape index (κ3) is 4.79. The highest BCUT2D eigenvalue weighted by Crippen LogP contribution is 2.57. The average molecular weight is 523 g/mol. The van der Waals surface area contributed by atoms with Gasteiger partial charge < -0.3 is 15.5 Å². The summed E-state index contributed by atoms with van der Waals surface area (Å²) in [5, 5.41) is 6.41. The van der Waals surface area contributed by atoms with Gasteiger partial charge in [-0.05, 0) is 79.9 Å². The molecule has 1 unspecified atom stereocenters. The van der Waals surface area contributed by atoms with Crippen LogP contribution >= 0.6 is 0 Å². The van der Waals surface area contributed by atoms with E-state index >= 15 is 0 Å². The van der Waals surface area contributed by atoms with Gasteiger partial charge in [0.15, 0.2) is 0 Å². The van der Waals surface area contributed by atoms with Crippen molar-refractivity contribution in [1.29, 1.82) is 0 Å². The molecular weight excluding hydrogens is 486 g/mol. The van der Waals surface area contributed by atoms with Crippen LogP contribution < -0.4 is 10.6 Å². The number of alkyl halides is 2. The van der Waals surface area contributed by atoms with Crippen molar-refractivity contribution in [3.8, 4) is 0 Å². The summed E-state index contributed by atoms with van der Waals surface area (Å²) < 4.78 is 26.8. The molecule has 3 heterocycles. The van der Waals surface area contributed by atoms with Crippen LogP contribution in [0.5, 0.6) is 0 Å². The first-order valence-electron chi connectivity index (χ1n) is 13.9. The van der Waals surface area contributed by atoms with Gasteiger partial charge in [-0.1, -0.05) is 24.3 Å². The smallest absolute Gasteiger partial charge is 0.255 e. The van der Waals surface area contributed by atoms with E-state index in [9.17, 15) is 18.4 Å². The van der Waals surface area contributed by atoms with Gasteiger partial charge in [-0.3, -0.25) is 14.5 Å². The molecule has 1 saturated carbocycles. The zero-order valence-electron chi connectivity index (χ0n) is 22.0. The summed E-state index contributed by atoms with van der Waals surface area (Å²) in [6.07, 6.45) is 3.47. The number of halogens is 2. The standard InChI is InChI=1S/C30H36F2N4O2/c1-20-14-21(7-8-22(20)16-35-12-9-29(10-13-35)18-30(31,32)19-29)15-34-25-5-2-4-23-24(25)17-36(28(23)38)26-6-3-11-33-27(26)37/h2,4-5,7-8,14,26,34H,3,6,9-13,15-19H2,1H3,(H,33,37). The van der Waals surface area contributed by atoms with Crippen LogP contribution in [-0.2, 0) is 24.4 Å². The van der Waals surface area contributed by atoms with Crippen LogP contribution in [0, 0.1) is 12.3 Å². The van der Waals surface area contributed by atoms with Crippen LogP contribution in [0.2, 0.25) is 0 Å². The number of likely N-dealkylation sites (tertiary alicyclic amines) is 1. The molecule has 2 aromatic carbocycles. The molecule has 4 aliphatic rings. The molecule has 0 radical (unpaired) electrons. The molecule has 2 aromatic rings. The van der Waals surface area contributed by atoms with E-state index in [2.05, 4.69) is 40.7 Å². The van der Waals surface area contributed by atoms with Gasteiger partial charge in [0.05, 0.1) is 0 Å². The van der Waals surface area contributed by atoms with Gasteiger partial charge in [0.2, 0.25) is 11.8 Å². The topological polar surface area (TPSA) is 64.7 Å². The van der Waals surface area contributed by atoms with Crippen LogP contribution in [0.25, 0.3) is 0 Å². The molecule has 2 amide bonds. The predicted molar refractivity (Wildman–Crippen MR) is 142 cm³/mol. The maximum atomic E-state index is 13.4. The second kappa shape index (κ2) is 9.63. The van der Waals surface area contributed by atoms with E-state index in [1.54, 1.807) is 4.90 Å². The van der Waals surface area contributed by atoms with E-state index in [1.807, 2.05) is 18.2 Å². The molecule has 8 heteroatoms. The van der Waals surface area contributed by atoms with Crippen molar-refractivity contribution in [1.82, 2.24) is 15.1 Å². The number of amides is 2. The molecule has 0 aromatic heterocycles. The number of aryl methyl sites for hydroxylation is 1. The molecule has 2 N–H and O–H groups in total. The van der Waals surface area contributed by atoms with Crippen molar-refractivity contribution in [3.05, 3.63) is 64.2 Å². The Morgan fingerprint density at radius 3 is 2.61 bits per heavy atom. The van der Waals surface area contributed by atoms with Gasteiger partial charge in [0.25, 0.3) is 5.91 Å². The molecule has 38 heavy (non-hydrogen) atoms. The van der Waals surface area contributed by atoms with Crippen molar-refractivity contribution in [2.45, 2.75) is 77.0 Å². The lowest BCUT2D eigenvalue weighted by molar-refractivity contribution is -0.178. The van der Waals surface area contributed by atoms with Crippen molar-refractivity contribution in [3.63, 3.8) is 0 Å². The Balaban J connectivity index is 1.06. The average Bonchev–Trinajstić information content (AvgIpc) is 3.21. The summed E-state index contributed by atoms with van der Waals surface area (Å²) in [5.41, 5.74) is 6.10. The molecule has 3 fully saturated rings. The largest absolute Gasteiger partial charge is 0.381 e. The first kappa shape index (κ1) is 25.3. The third-order valence-corrected chi connectivity index (χ3v) is 9.10. The number of hydrogen-bond acceptors (Lipinski definition) is 4. The van der Waals surface area contributed by atoms with Gasteiger partial charge >= 0.3 is 0 Å². The molecule has 1 aliphatic carbocycles. The lowest BCUT2D eigenvalue weighted by atomic mass is 9.61. The number of carbonyl (C=O) groups excluding carboxylic acids is 2. The number of rotatable bonds is 6. The Kier molecular flexibility index (Phi) is 6.41. The van der Waals surface area contributed by atoms with E-state index < -0.39 is 12.0 Å². The van der Waals surface area contributed by atoms with E-state index in [0.717, 1.165) is 55.7 Å². The quantitative estimate of drug-likeness (QED) is 0.569. The van der Waals surface area contributed by atoms with E-state index in [4.69, 9.17) is 0 Å². The van der Waals surface area contributed by atoms with Gasteiger partial charge in [-0.15, -0.1) is 0 Å². The molecule has 3 aliphatic heterocycles. The SMILES string of the molecule is Cc1cc(CNc2cccc3c2CN(C2CCCNC2=O)C3=O)ccc1CN1CCC2(CC1)CC(F)(F)C2. The summed E-state index contributed by atoms with van der Waals surface area (Å²) in [5.74, 6) is -2.57. The number of nitrogens with zero attached hydrogens (tertiary/aromatic N) is 2. The molecule has 202 valence electrons. The highest BCUT2D eigenvalue weighted by molar-refractivity contribution is 6.02. The first-order valence-corrected chi connectivity index (χ1v) is 13.9. The second-order valence-corrected chi connectivity index (χ2v) is 11.8. The van der Waals surface area contributed by atoms with Gasteiger partial charge in [0.1, 0.15) is 6.04 Å². The fraction of sp³-hybridized carbons (Fsp3) is 0.533. The first-order chi connectivity index (χ1) is 18.2. The molecule has 6 nitrogen and oxygen atoms in total. The van der Waals surface area contributed by atoms with Crippen molar-refractivity contribution >= 4 is 17.5 Å². The normalized spacial score (nSPS) is 24.2. The van der Waals surface area contributed by atoms with E-state index in [-0.39, 0.29) is 30.1 Å². The number of benzene rings is 2. The minimum atomic E-state index is -2.44. The van der Waals surface area contributed by atoms with Crippen molar-refractivity contribution < 1.29 is 18.4 Å². The number of hydrogen-bond donors (Lipinski definition) is 2. The Morgan fingerprint density at radius 2 is 1.89 bits per heavy atom. The van der Waals surface area contributed by atoms with Crippen LogP contribution in [0.4, 0.5) is 14.5 Å². The number of piperidine rings is 2. The monoisotopic (exact) mass is 522 g/mol. The van der Waals surface area contributed by atoms with E-state index in [1.165, 1.54) is 11.1 Å². The van der Waals surface area contributed by atoms with Crippen LogP contribution in [-0.4, -0.2) is 53.2 Å². The maximum absolute atomic E-state index is 13.4. The lowest BCUT2D eigenvalue weighted by Crippen LogP contribution is -2.52. The van der Waals surface area contributed by atoms with Crippen molar-refractivity contribution in [2.24, 2.45) is 5.41 Å². The summed E-state index contributed by atoms with van der Waals surface area (Å²) in [6.45, 7) is 6.51. The predicted octanol–water partition coefficient (Wildman–Crippen LogP) is 4.85. The second-order valence-electron chi connectivity index (χ2n) is 11.8.